The second-order valence-corrected chi connectivity index (χ2v) is 5.67. The van der Waals surface area contributed by atoms with Crippen molar-refractivity contribution in [1.29, 1.82) is 0 Å². The summed E-state index contributed by atoms with van der Waals surface area (Å²) in [5.41, 5.74) is 1.17. The third kappa shape index (κ3) is 3.76. The van der Waals surface area contributed by atoms with Gasteiger partial charge in [0.2, 0.25) is 0 Å². The molecule has 1 rings (SSSR count). The molecule has 0 unspecified atom stereocenters. The fraction of sp³-hybridized carbons (Fsp3) is 0.714. The molecule has 0 aromatic heterocycles. The Hall–Kier alpha value is -0.600. The smallest absolute Gasteiger partial charge is 0.103 e. The van der Waals surface area contributed by atoms with Crippen LogP contribution in [0.5, 0.6) is 0 Å². The Morgan fingerprint density at radius 2 is 2.19 bits per heavy atom. The lowest BCUT2D eigenvalue weighted by molar-refractivity contribution is -0.913. The lowest BCUT2D eigenvalue weighted by atomic mass is 10.1. The SMILES string of the molecule is C=CC(=C)CCC[N+](C)(C)[C@H]1CCN(C)C1. The molecule has 0 spiro atoms. The topological polar surface area (TPSA) is 3.24 Å². The normalized spacial score (nSPS) is 22.3. The zero-order valence-corrected chi connectivity index (χ0v) is 11.2. The van der Waals surface area contributed by atoms with E-state index < -0.39 is 0 Å². The van der Waals surface area contributed by atoms with E-state index in [1.807, 2.05) is 6.08 Å². The van der Waals surface area contributed by atoms with Gasteiger partial charge in [0.15, 0.2) is 0 Å². The number of quaternary nitrogens is 1. The Morgan fingerprint density at radius 1 is 1.50 bits per heavy atom. The van der Waals surface area contributed by atoms with Gasteiger partial charge >= 0.3 is 0 Å². The highest BCUT2D eigenvalue weighted by Gasteiger charge is 2.32. The van der Waals surface area contributed by atoms with Crippen LogP contribution in [0.1, 0.15) is 19.3 Å². The third-order valence-electron chi connectivity index (χ3n) is 3.88. The summed E-state index contributed by atoms with van der Waals surface area (Å²) >= 11 is 0. The van der Waals surface area contributed by atoms with Crippen LogP contribution in [-0.2, 0) is 0 Å². The first-order valence-corrected chi connectivity index (χ1v) is 6.27. The van der Waals surface area contributed by atoms with Crippen molar-refractivity contribution in [2.75, 3.05) is 40.8 Å². The molecule has 0 saturated carbocycles. The summed E-state index contributed by atoms with van der Waals surface area (Å²) in [4.78, 5) is 2.44. The summed E-state index contributed by atoms with van der Waals surface area (Å²) in [6.45, 7) is 11.5. The standard InChI is InChI=1S/C14H27N2/c1-6-13(2)8-7-11-16(4,5)14-9-10-15(3)12-14/h6,14H,1-2,7-12H2,3-5H3/q+1/t14-/m0/s1. The Kier molecular flexibility index (Phi) is 4.75. The maximum absolute atomic E-state index is 3.97. The van der Waals surface area contributed by atoms with E-state index in [1.54, 1.807) is 0 Å². The summed E-state index contributed by atoms with van der Waals surface area (Å²) in [5, 5.41) is 0. The van der Waals surface area contributed by atoms with Crippen molar-refractivity contribution in [3.05, 3.63) is 24.8 Å². The second-order valence-electron chi connectivity index (χ2n) is 5.67. The number of nitrogens with zero attached hydrogens (tertiary/aromatic N) is 2. The van der Waals surface area contributed by atoms with Crippen molar-refractivity contribution < 1.29 is 4.48 Å². The monoisotopic (exact) mass is 223 g/mol. The Morgan fingerprint density at radius 3 is 2.69 bits per heavy atom. The fourth-order valence-corrected chi connectivity index (χ4v) is 2.48. The first-order chi connectivity index (χ1) is 7.45. The predicted octanol–water partition coefficient (Wildman–Crippen LogP) is 2.29. The molecule has 1 saturated heterocycles. The second kappa shape index (κ2) is 5.65. The molecule has 0 N–H and O–H groups in total. The molecular formula is C14H27N2+. The molecule has 0 aliphatic carbocycles. The van der Waals surface area contributed by atoms with Gasteiger partial charge in [-0.2, -0.15) is 0 Å². The van der Waals surface area contributed by atoms with E-state index in [9.17, 15) is 0 Å². The number of likely N-dealkylation sites (tertiary alicyclic amines) is 1. The first-order valence-electron chi connectivity index (χ1n) is 6.27. The molecule has 0 amide bonds. The number of likely N-dealkylation sites (N-methyl/N-ethyl adjacent to an activating group) is 2. The lowest BCUT2D eigenvalue weighted by Gasteiger charge is -2.36. The van der Waals surface area contributed by atoms with Crippen molar-refractivity contribution in [2.24, 2.45) is 0 Å². The van der Waals surface area contributed by atoms with Gasteiger partial charge in [-0.25, -0.2) is 0 Å². The minimum absolute atomic E-state index is 0.807. The molecule has 1 heterocycles. The van der Waals surface area contributed by atoms with Gasteiger partial charge in [-0.15, -0.1) is 0 Å². The van der Waals surface area contributed by atoms with Crippen LogP contribution in [0.2, 0.25) is 0 Å². The van der Waals surface area contributed by atoms with E-state index >= 15 is 0 Å². The molecule has 0 aromatic carbocycles. The van der Waals surface area contributed by atoms with Crippen LogP contribution in [0.15, 0.2) is 24.8 Å². The first kappa shape index (κ1) is 13.5. The molecule has 0 radical (unpaired) electrons. The molecule has 0 bridgehead atoms. The largest absolute Gasteiger partial charge is 0.325 e. The van der Waals surface area contributed by atoms with Crippen molar-refractivity contribution in [1.82, 2.24) is 4.90 Å². The number of rotatable bonds is 6. The van der Waals surface area contributed by atoms with Crippen molar-refractivity contribution >= 4 is 0 Å². The minimum atomic E-state index is 0.807. The zero-order valence-electron chi connectivity index (χ0n) is 11.2. The average molecular weight is 223 g/mol. The quantitative estimate of drug-likeness (QED) is 0.493. The van der Waals surface area contributed by atoms with Crippen molar-refractivity contribution in [3.8, 4) is 0 Å². The number of allylic oxidation sites excluding steroid dienone is 2. The Balaban J connectivity index is 2.33. The van der Waals surface area contributed by atoms with Crippen molar-refractivity contribution in [2.45, 2.75) is 25.3 Å². The van der Waals surface area contributed by atoms with Gasteiger partial charge in [-0.1, -0.05) is 24.8 Å². The Labute approximate surface area is 101 Å². The highest BCUT2D eigenvalue weighted by molar-refractivity contribution is 5.10. The molecule has 2 heteroatoms. The lowest BCUT2D eigenvalue weighted by Crippen LogP contribution is -2.50. The highest BCUT2D eigenvalue weighted by Crippen LogP contribution is 2.19. The van der Waals surface area contributed by atoms with Gasteiger partial charge in [0, 0.05) is 19.4 Å². The molecule has 1 aliphatic heterocycles. The predicted molar refractivity (Wildman–Crippen MR) is 71.4 cm³/mol. The van der Waals surface area contributed by atoms with E-state index in [0.29, 0.717) is 0 Å². The van der Waals surface area contributed by atoms with Gasteiger partial charge in [0.1, 0.15) is 6.04 Å². The van der Waals surface area contributed by atoms with Crippen LogP contribution in [-0.4, -0.2) is 56.2 Å². The van der Waals surface area contributed by atoms with Gasteiger partial charge in [0.25, 0.3) is 0 Å². The summed E-state index contributed by atoms with van der Waals surface area (Å²) < 4.78 is 1.15. The van der Waals surface area contributed by atoms with E-state index in [4.69, 9.17) is 0 Å². The summed E-state index contributed by atoms with van der Waals surface area (Å²) in [6.07, 6.45) is 5.53. The molecule has 1 atom stereocenters. The highest BCUT2D eigenvalue weighted by atomic mass is 15.4. The third-order valence-corrected chi connectivity index (χ3v) is 3.88. The molecule has 2 nitrogen and oxygen atoms in total. The van der Waals surface area contributed by atoms with Gasteiger partial charge in [0.05, 0.1) is 27.2 Å². The summed E-state index contributed by atoms with van der Waals surface area (Å²) in [6, 6.07) is 0.807. The molecule has 16 heavy (non-hydrogen) atoms. The van der Waals surface area contributed by atoms with E-state index in [1.165, 1.54) is 38.0 Å². The molecule has 1 fully saturated rings. The van der Waals surface area contributed by atoms with E-state index in [0.717, 1.165) is 16.9 Å². The van der Waals surface area contributed by atoms with Crippen LogP contribution >= 0.6 is 0 Å². The summed E-state index contributed by atoms with van der Waals surface area (Å²) in [7, 11) is 6.94. The Bertz CT molecular complexity index is 255. The summed E-state index contributed by atoms with van der Waals surface area (Å²) in [5.74, 6) is 0. The number of hydrogen-bond acceptors (Lipinski definition) is 1. The average Bonchev–Trinajstić information content (AvgIpc) is 2.65. The van der Waals surface area contributed by atoms with E-state index in [2.05, 4.69) is 39.2 Å². The van der Waals surface area contributed by atoms with Gasteiger partial charge in [-0.05, 0) is 13.5 Å². The van der Waals surface area contributed by atoms with Crippen LogP contribution in [0.25, 0.3) is 0 Å². The van der Waals surface area contributed by atoms with Gasteiger partial charge in [-0.3, -0.25) is 0 Å². The van der Waals surface area contributed by atoms with E-state index in [-0.39, 0.29) is 0 Å². The maximum atomic E-state index is 3.97. The van der Waals surface area contributed by atoms with Crippen molar-refractivity contribution in [3.63, 3.8) is 0 Å². The van der Waals surface area contributed by atoms with Crippen LogP contribution in [0.3, 0.4) is 0 Å². The van der Waals surface area contributed by atoms with Crippen LogP contribution < -0.4 is 0 Å². The fourth-order valence-electron chi connectivity index (χ4n) is 2.48. The van der Waals surface area contributed by atoms with Crippen LogP contribution in [0, 0.1) is 0 Å². The zero-order chi connectivity index (χ0) is 12.2. The van der Waals surface area contributed by atoms with Gasteiger partial charge < -0.3 is 9.38 Å². The molecular weight excluding hydrogens is 196 g/mol. The molecule has 0 aromatic rings. The number of hydrogen-bond donors (Lipinski definition) is 0. The minimum Gasteiger partial charge on any atom is -0.325 e. The molecule has 1 aliphatic rings. The maximum Gasteiger partial charge on any atom is 0.103 e. The molecule has 92 valence electrons. The van der Waals surface area contributed by atoms with Crippen LogP contribution in [0.4, 0.5) is 0 Å².